The number of allylic oxidation sites excluding steroid dienone is 4. The zero-order valence-corrected chi connectivity index (χ0v) is 23.9. The van der Waals surface area contributed by atoms with Crippen LogP contribution >= 0.6 is 0 Å². The second kappa shape index (κ2) is 7.67. The topological polar surface area (TPSA) is 64.8 Å². The number of hydrogen-bond donors (Lipinski definition) is 0. The van der Waals surface area contributed by atoms with Crippen molar-refractivity contribution in [2.24, 2.45) is 50.2 Å². The van der Waals surface area contributed by atoms with Crippen molar-refractivity contribution in [3.8, 4) is 0 Å². The molecule has 5 aliphatic carbocycles. The van der Waals surface area contributed by atoms with E-state index in [1.165, 1.54) is 12.7 Å². The van der Waals surface area contributed by atoms with Crippen LogP contribution in [0.4, 0.5) is 0 Å². The fourth-order valence-corrected chi connectivity index (χ4v) is 10.2. The van der Waals surface area contributed by atoms with Crippen LogP contribution in [0, 0.1) is 56.8 Å². The molecule has 3 fully saturated rings. The van der Waals surface area contributed by atoms with Gasteiger partial charge in [0.05, 0.1) is 19.1 Å². The maximum Gasteiger partial charge on any atom is 0.311 e. The van der Waals surface area contributed by atoms with Crippen molar-refractivity contribution >= 4 is 17.5 Å². The maximum atomic E-state index is 14.3. The van der Waals surface area contributed by atoms with Crippen LogP contribution in [-0.4, -0.2) is 24.6 Å². The minimum absolute atomic E-state index is 0.0183. The number of rotatable bonds is 1. The predicted molar refractivity (Wildman–Crippen MR) is 142 cm³/mol. The molecule has 0 aromatic heterocycles. The summed E-state index contributed by atoms with van der Waals surface area (Å²) in [5.41, 5.74) is -0.743. The Balaban J connectivity index is 1.67. The summed E-state index contributed by atoms with van der Waals surface area (Å²) in [6.45, 7) is 22.9. The van der Waals surface area contributed by atoms with Crippen molar-refractivity contribution in [1.29, 1.82) is 0 Å². The quantitative estimate of drug-likeness (QED) is 0.293. The highest BCUT2D eigenvalue weighted by atomic mass is 16.5. The molecule has 0 heterocycles. The Morgan fingerprint density at radius 3 is 2.27 bits per heavy atom. The fourth-order valence-electron chi connectivity index (χ4n) is 10.2. The number of carbonyl (C=O) groups excluding carboxylic acids is 3. The first kappa shape index (κ1) is 26.4. The Hall–Kier alpha value is -2.22. The Labute approximate surface area is 222 Å². The lowest BCUT2D eigenvalue weighted by Gasteiger charge is -2.69. The molecule has 0 aliphatic heterocycles. The smallest absolute Gasteiger partial charge is 0.311 e. The van der Waals surface area contributed by atoms with Gasteiger partial charge in [-0.25, -0.2) is 4.85 Å². The van der Waals surface area contributed by atoms with Gasteiger partial charge in [-0.2, -0.15) is 0 Å². The van der Waals surface area contributed by atoms with Crippen LogP contribution in [0.15, 0.2) is 23.4 Å². The molecule has 0 spiro atoms. The summed E-state index contributed by atoms with van der Waals surface area (Å²) >= 11 is 0. The highest BCUT2D eigenvalue weighted by Crippen LogP contribution is 2.74. The number of methoxy groups -OCH3 is 1. The van der Waals surface area contributed by atoms with E-state index in [0.717, 1.165) is 44.9 Å². The molecule has 0 bridgehead atoms. The van der Waals surface area contributed by atoms with Crippen LogP contribution in [0.3, 0.4) is 0 Å². The standard InChI is InChI=1S/C32H43NO4/c1-27(2)23-10-11-32(7)24(30(23,5)18-21(33-8)25(27)35)22(34)16-19-20-17-29(4,26(36)37-9)13-12-28(20,3)14-15-31(19,32)6/h16,18,20,23-24H,10-15,17H2,1-7,9H3/t20-,23+,24-,28-,29+,30+,31-,32-/m1/s1. The van der Waals surface area contributed by atoms with Crippen LogP contribution in [0.1, 0.15) is 93.4 Å². The van der Waals surface area contributed by atoms with Crippen molar-refractivity contribution in [3.63, 3.8) is 0 Å². The molecule has 8 atom stereocenters. The van der Waals surface area contributed by atoms with Gasteiger partial charge in [0.15, 0.2) is 11.6 Å². The first-order valence-corrected chi connectivity index (χ1v) is 14.0. The third-order valence-electron chi connectivity index (χ3n) is 12.7. The van der Waals surface area contributed by atoms with Gasteiger partial charge in [-0.15, -0.1) is 0 Å². The highest BCUT2D eigenvalue weighted by Gasteiger charge is 2.70. The lowest BCUT2D eigenvalue weighted by molar-refractivity contribution is -0.172. The van der Waals surface area contributed by atoms with E-state index in [1.807, 2.05) is 32.9 Å². The number of ether oxygens (including phenoxy) is 1. The van der Waals surface area contributed by atoms with E-state index in [0.29, 0.717) is 0 Å². The molecule has 37 heavy (non-hydrogen) atoms. The molecule has 5 rings (SSSR count). The molecule has 0 unspecified atom stereocenters. The lowest BCUT2D eigenvalue weighted by Crippen LogP contribution is -2.65. The maximum absolute atomic E-state index is 14.3. The first-order valence-electron chi connectivity index (χ1n) is 14.0. The van der Waals surface area contributed by atoms with Gasteiger partial charge in [-0.3, -0.25) is 9.59 Å². The normalized spacial score (nSPS) is 48.2. The highest BCUT2D eigenvalue weighted by molar-refractivity contribution is 6.03. The van der Waals surface area contributed by atoms with E-state index in [-0.39, 0.29) is 57.2 Å². The van der Waals surface area contributed by atoms with E-state index in [4.69, 9.17) is 11.3 Å². The number of hydrogen-bond acceptors (Lipinski definition) is 4. The molecule has 0 N–H and O–H groups in total. The van der Waals surface area contributed by atoms with Crippen molar-refractivity contribution in [2.75, 3.05) is 7.11 Å². The van der Waals surface area contributed by atoms with Crippen molar-refractivity contribution in [2.45, 2.75) is 93.4 Å². The summed E-state index contributed by atoms with van der Waals surface area (Å²) in [4.78, 5) is 44.0. The molecule has 5 nitrogen and oxygen atoms in total. The molecular weight excluding hydrogens is 462 g/mol. The van der Waals surface area contributed by atoms with Gasteiger partial charge in [-0.1, -0.05) is 53.2 Å². The van der Waals surface area contributed by atoms with Crippen LogP contribution in [0.2, 0.25) is 0 Å². The van der Waals surface area contributed by atoms with Crippen LogP contribution < -0.4 is 0 Å². The number of nitrogens with zero attached hydrogens (tertiary/aromatic N) is 1. The van der Waals surface area contributed by atoms with Crippen LogP contribution in [0.5, 0.6) is 0 Å². The summed E-state index contributed by atoms with van der Waals surface area (Å²) in [5, 5.41) is 0. The van der Waals surface area contributed by atoms with Gasteiger partial charge >= 0.3 is 5.97 Å². The summed E-state index contributed by atoms with van der Waals surface area (Å²) in [5.74, 6) is -0.191. The average Bonchev–Trinajstić information content (AvgIpc) is 2.83. The Kier molecular flexibility index (Phi) is 5.47. The van der Waals surface area contributed by atoms with Gasteiger partial charge in [-0.05, 0) is 91.4 Å². The zero-order chi connectivity index (χ0) is 27.4. The fraction of sp³-hybridized carbons (Fsp3) is 0.750. The van der Waals surface area contributed by atoms with Gasteiger partial charge in [0.25, 0.3) is 0 Å². The molecule has 0 aromatic carbocycles. The van der Waals surface area contributed by atoms with Gasteiger partial charge in [0.1, 0.15) is 0 Å². The summed E-state index contributed by atoms with van der Waals surface area (Å²) in [7, 11) is 1.47. The SMILES string of the molecule is [C-]#[N+]C1=C[C@]2(C)[C@H]3C(=O)C=C4[C@H]5C[C@@](C)(C(=O)OC)CC[C@]5(C)CC[C@@]4(C)[C@]3(C)CC[C@H]2C(C)(C)C1=O. The average molecular weight is 506 g/mol. The molecular formula is C32H43NO4. The minimum atomic E-state index is -0.674. The van der Waals surface area contributed by atoms with Crippen molar-refractivity contribution in [1.82, 2.24) is 0 Å². The number of Topliss-reactive ketones (excluding diaryl/α,β-unsaturated/α-hetero) is 1. The van der Waals surface area contributed by atoms with Crippen molar-refractivity contribution < 1.29 is 19.1 Å². The Morgan fingerprint density at radius 2 is 1.65 bits per heavy atom. The van der Waals surface area contributed by atoms with E-state index < -0.39 is 16.2 Å². The molecule has 0 radical (unpaired) electrons. The second-order valence-electron chi connectivity index (χ2n) is 14.8. The molecule has 0 amide bonds. The Morgan fingerprint density at radius 1 is 1.00 bits per heavy atom. The van der Waals surface area contributed by atoms with Gasteiger partial charge < -0.3 is 9.53 Å². The number of esters is 1. The molecule has 0 aromatic rings. The molecule has 0 saturated heterocycles. The minimum Gasteiger partial charge on any atom is -0.469 e. The lowest BCUT2D eigenvalue weighted by atomic mass is 9.34. The van der Waals surface area contributed by atoms with E-state index in [2.05, 4.69) is 32.5 Å². The third-order valence-corrected chi connectivity index (χ3v) is 12.7. The van der Waals surface area contributed by atoms with Crippen LogP contribution in [-0.2, 0) is 19.1 Å². The van der Waals surface area contributed by atoms with E-state index in [1.54, 1.807) is 0 Å². The number of fused-ring (bicyclic) bond motifs is 7. The van der Waals surface area contributed by atoms with Gasteiger partial charge in [0, 0.05) is 11.3 Å². The van der Waals surface area contributed by atoms with E-state index >= 15 is 0 Å². The molecule has 5 heteroatoms. The predicted octanol–water partition coefficient (Wildman–Crippen LogP) is 6.73. The third kappa shape index (κ3) is 3.11. The van der Waals surface area contributed by atoms with Crippen molar-refractivity contribution in [3.05, 3.63) is 34.8 Å². The number of carbonyl (C=O) groups is 3. The van der Waals surface area contributed by atoms with Gasteiger partial charge in [0.2, 0.25) is 5.70 Å². The van der Waals surface area contributed by atoms with E-state index in [9.17, 15) is 14.4 Å². The summed E-state index contributed by atoms with van der Waals surface area (Å²) < 4.78 is 5.23. The zero-order valence-electron chi connectivity index (χ0n) is 23.9. The molecule has 3 saturated carbocycles. The molecule has 200 valence electrons. The monoisotopic (exact) mass is 505 g/mol. The van der Waals surface area contributed by atoms with Crippen LogP contribution in [0.25, 0.3) is 4.85 Å². The molecule has 5 aliphatic rings. The summed E-state index contributed by atoms with van der Waals surface area (Å²) in [6.07, 6.45) is 10.2. The largest absolute Gasteiger partial charge is 0.469 e. The Bertz CT molecular complexity index is 1200. The summed E-state index contributed by atoms with van der Waals surface area (Å²) in [6, 6.07) is 0. The first-order chi connectivity index (χ1) is 17.0. The number of ketones is 2. The second-order valence-corrected chi connectivity index (χ2v) is 14.8.